The van der Waals surface area contributed by atoms with Crippen molar-refractivity contribution in [1.82, 2.24) is 0 Å². The second-order valence-corrected chi connectivity index (χ2v) is 4.68. The molecule has 0 aromatic heterocycles. The van der Waals surface area contributed by atoms with Crippen LogP contribution in [0.1, 0.15) is 26.7 Å². The largest absolute Gasteiger partial charge is 0.278 e. The molecule has 2 aliphatic rings. The molecule has 2 atom stereocenters. The van der Waals surface area contributed by atoms with Crippen molar-refractivity contribution in [3.63, 3.8) is 0 Å². The average molecular weight is 155 g/mol. The minimum absolute atomic E-state index is 0.663. The summed E-state index contributed by atoms with van der Waals surface area (Å²) < 4.78 is 0. The normalized spacial score (nSPS) is 37.3. The van der Waals surface area contributed by atoms with Crippen LogP contribution in [0.5, 0.6) is 0 Å². The summed E-state index contributed by atoms with van der Waals surface area (Å²) in [6.07, 6.45) is 2.74. The summed E-state index contributed by atoms with van der Waals surface area (Å²) in [6, 6.07) is 0.711. The summed E-state index contributed by atoms with van der Waals surface area (Å²) in [5, 5.41) is 2.27. The van der Waals surface area contributed by atoms with Gasteiger partial charge in [-0.05, 0) is 12.8 Å². The Morgan fingerprint density at radius 2 is 2.30 bits per heavy atom. The lowest BCUT2D eigenvalue weighted by Crippen LogP contribution is -2.28. The standard InChI is InChI=1S/C8H13NS/c1-5(2)8-9-6-3-4-7(6)10-8/h5-7H,3-4H2,1-2H3/t6?,7-/m0/s1. The molecule has 1 nitrogen and oxygen atoms in total. The smallest absolute Gasteiger partial charge is 0.0708 e. The highest BCUT2D eigenvalue weighted by atomic mass is 32.2. The molecule has 1 saturated carbocycles. The van der Waals surface area contributed by atoms with Gasteiger partial charge in [-0.1, -0.05) is 13.8 Å². The predicted octanol–water partition coefficient (Wildman–Crippen LogP) is 2.32. The first-order chi connectivity index (χ1) is 4.77. The molecule has 1 heterocycles. The second-order valence-electron chi connectivity index (χ2n) is 3.42. The highest BCUT2D eigenvalue weighted by Crippen LogP contribution is 2.42. The number of nitrogens with zero attached hydrogens (tertiary/aromatic N) is 1. The van der Waals surface area contributed by atoms with Crippen molar-refractivity contribution in [3.05, 3.63) is 0 Å². The third-order valence-electron chi connectivity index (χ3n) is 2.24. The number of rotatable bonds is 1. The minimum Gasteiger partial charge on any atom is -0.278 e. The van der Waals surface area contributed by atoms with Gasteiger partial charge in [-0.2, -0.15) is 0 Å². The van der Waals surface area contributed by atoms with Crippen LogP contribution in [0.4, 0.5) is 0 Å². The minimum atomic E-state index is 0.663. The van der Waals surface area contributed by atoms with Crippen molar-refractivity contribution in [3.8, 4) is 0 Å². The summed E-state index contributed by atoms with van der Waals surface area (Å²) in [6.45, 7) is 4.47. The highest BCUT2D eigenvalue weighted by molar-refractivity contribution is 8.14. The maximum Gasteiger partial charge on any atom is 0.0708 e. The van der Waals surface area contributed by atoms with Gasteiger partial charge >= 0.3 is 0 Å². The van der Waals surface area contributed by atoms with Gasteiger partial charge < -0.3 is 0 Å². The van der Waals surface area contributed by atoms with Crippen LogP contribution in [-0.2, 0) is 0 Å². The molecular formula is C8H13NS. The van der Waals surface area contributed by atoms with E-state index in [1.54, 1.807) is 0 Å². The van der Waals surface area contributed by atoms with E-state index in [2.05, 4.69) is 18.8 Å². The molecule has 1 unspecified atom stereocenters. The van der Waals surface area contributed by atoms with Crippen molar-refractivity contribution in [2.75, 3.05) is 0 Å². The van der Waals surface area contributed by atoms with E-state index in [0.717, 1.165) is 5.25 Å². The topological polar surface area (TPSA) is 12.4 Å². The van der Waals surface area contributed by atoms with Gasteiger partial charge in [-0.3, -0.25) is 4.99 Å². The van der Waals surface area contributed by atoms with E-state index in [-0.39, 0.29) is 0 Å². The van der Waals surface area contributed by atoms with Gasteiger partial charge in [0.15, 0.2) is 0 Å². The van der Waals surface area contributed by atoms with E-state index in [1.165, 1.54) is 17.9 Å². The van der Waals surface area contributed by atoms with Crippen LogP contribution in [0.3, 0.4) is 0 Å². The molecule has 0 spiro atoms. The number of aliphatic imine (C=N–C) groups is 1. The van der Waals surface area contributed by atoms with Crippen LogP contribution >= 0.6 is 11.8 Å². The van der Waals surface area contributed by atoms with Crippen LogP contribution in [0.25, 0.3) is 0 Å². The van der Waals surface area contributed by atoms with Gasteiger partial charge in [-0.25, -0.2) is 0 Å². The number of fused-ring (bicyclic) bond motifs is 1. The summed E-state index contributed by atoms with van der Waals surface area (Å²) in [4.78, 5) is 4.64. The van der Waals surface area contributed by atoms with Gasteiger partial charge in [0.1, 0.15) is 0 Å². The zero-order chi connectivity index (χ0) is 7.14. The predicted molar refractivity (Wildman–Crippen MR) is 46.7 cm³/mol. The highest BCUT2D eigenvalue weighted by Gasteiger charge is 2.37. The van der Waals surface area contributed by atoms with Crippen molar-refractivity contribution in [2.24, 2.45) is 10.9 Å². The lowest BCUT2D eigenvalue weighted by molar-refractivity contribution is 0.444. The van der Waals surface area contributed by atoms with Gasteiger partial charge in [-0.15, -0.1) is 11.8 Å². The first-order valence-corrected chi connectivity index (χ1v) is 4.89. The molecule has 0 saturated heterocycles. The Labute approximate surface area is 66.3 Å². The Kier molecular flexibility index (Phi) is 1.52. The molecular weight excluding hydrogens is 142 g/mol. The van der Waals surface area contributed by atoms with Crippen LogP contribution in [-0.4, -0.2) is 16.3 Å². The summed E-state index contributed by atoms with van der Waals surface area (Å²) >= 11 is 2.02. The molecule has 0 aromatic carbocycles. The Bertz CT molecular complexity index is 174. The van der Waals surface area contributed by atoms with E-state index in [9.17, 15) is 0 Å². The van der Waals surface area contributed by atoms with Crippen LogP contribution in [0, 0.1) is 5.92 Å². The lowest BCUT2D eigenvalue weighted by Gasteiger charge is -2.26. The van der Waals surface area contributed by atoms with Crippen molar-refractivity contribution < 1.29 is 0 Å². The monoisotopic (exact) mass is 155 g/mol. The SMILES string of the molecule is CC(C)C1=NC2CC[C@@H]2S1. The van der Waals surface area contributed by atoms with E-state index in [4.69, 9.17) is 0 Å². The number of hydrogen-bond donors (Lipinski definition) is 0. The van der Waals surface area contributed by atoms with Crippen LogP contribution in [0.15, 0.2) is 4.99 Å². The molecule has 2 rings (SSSR count). The van der Waals surface area contributed by atoms with Crippen molar-refractivity contribution in [1.29, 1.82) is 0 Å². The average Bonchev–Trinajstić information content (AvgIpc) is 2.09. The molecule has 2 heteroatoms. The van der Waals surface area contributed by atoms with Crippen LogP contribution in [0.2, 0.25) is 0 Å². The number of hydrogen-bond acceptors (Lipinski definition) is 2. The molecule has 56 valence electrons. The molecule has 0 N–H and O–H groups in total. The van der Waals surface area contributed by atoms with E-state index in [1.807, 2.05) is 11.8 Å². The van der Waals surface area contributed by atoms with Crippen LogP contribution < -0.4 is 0 Å². The Morgan fingerprint density at radius 1 is 1.50 bits per heavy atom. The fourth-order valence-electron chi connectivity index (χ4n) is 1.37. The third-order valence-corrected chi connectivity index (χ3v) is 3.91. The summed E-state index contributed by atoms with van der Waals surface area (Å²) in [5.41, 5.74) is 0. The fraction of sp³-hybridized carbons (Fsp3) is 0.875. The van der Waals surface area contributed by atoms with Gasteiger partial charge in [0, 0.05) is 11.2 Å². The van der Waals surface area contributed by atoms with Crippen molar-refractivity contribution >= 4 is 16.8 Å². The Hall–Kier alpha value is 0.0200. The second kappa shape index (κ2) is 2.26. The molecule has 0 radical (unpaired) electrons. The molecule has 0 amide bonds. The van der Waals surface area contributed by atoms with Gasteiger partial charge in [0.05, 0.1) is 11.1 Å². The zero-order valence-corrected chi connectivity index (χ0v) is 7.32. The summed E-state index contributed by atoms with van der Waals surface area (Å²) in [7, 11) is 0. The molecule has 0 aromatic rings. The molecule has 0 bridgehead atoms. The van der Waals surface area contributed by atoms with E-state index >= 15 is 0 Å². The first-order valence-electron chi connectivity index (χ1n) is 4.01. The lowest BCUT2D eigenvalue weighted by atomic mass is 9.93. The maximum absolute atomic E-state index is 4.64. The molecule has 10 heavy (non-hydrogen) atoms. The van der Waals surface area contributed by atoms with Gasteiger partial charge in [0.2, 0.25) is 0 Å². The maximum atomic E-state index is 4.64. The Morgan fingerprint density at radius 3 is 2.60 bits per heavy atom. The molecule has 1 aliphatic heterocycles. The van der Waals surface area contributed by atoms with E-state index in [0.29, 0.717) is 12.0 Å². The Balaban J connectivity index is 2.05. The zero-order valence-electron chi connectivity index (χ0n) is 6.50. The first kappa shape index (κ1) is 6.71. The molecule has 1 fully saturated rings. The quantitative estimate of drug-likeness (QED) is 0.566. The number of thioether (sulfide) groups is 1. The van der Waals surface area contributed by atoms with Gasteiger partial charge in [0.25, 0.3) is 0 Å². The van der Waals surface area contributed by atoms with E-state index < -0.39 is 0 Å². The van der Waals surface area contributed by atoms with Crippen molar-refractivity contribution in [2.45, 2.75) is 38.0 Å². The molecule has 1 aliphatic carbocycles. The third kappa shape index (κ3) is 0.895. The fourth-order valence-corrected chi connectivity index (χ4v) is 2.76. The summed E-state index contributed by atoms with van der Waals surface area (Å²) in [5.74, 6) is 0.663.